The Bertz CT molecular complexity index is 761. The highest BCUT2D eigenvalue weighted by atomic mass is 32.2. The summed E-state index contributed by atoms with van der Waals surface area (Å²) in [5.41, 5.74) is 2.03. The highest BCUT2D eigenvalue weighted by molar-refractivity contribution is 8.00. The fourth-order valence-electron chi connectivity index (χ4n) is 3.44. The Kier molecular flexibility index (Phi) is 6.01. The molecule has 2 aromatic rings. The van der Waals surface area contributed by atoms with Gasteiger partial charge in [0.05, 0.1) is 5.25 Å². The van der Waals surface area contributed by atoms with Crippen LogP contribution in [0.3, 0.4) is 0 Å². The van der Waals surface area contributed by atoms with E-state index in [1.165, 1.54) is 24.6 Å². The van der Waals surface area contributed by atoms with Crippen molar-refractivity contribution >= 4 is 17.7 Å². The number of carbonyl (C=O) groups excluding carboxylic acids is 1. The summed E-state index contributed by atoms with van der Waals surface area (Å²) in [5, 5.41) is 11.6. The van der Waals surface area contributed by atoms with E-state index in [2.05, 4.69) is 29.4 Å². The van der Waals surface area contributed by atoms with Gasteiger partial charge in [-0.1, -0.05) is 56.1 Å². The molecule has 0 saturated heterocycles. The van der Waals surface area contributed by atoms with Crippen LogP contribution >= 0.6 is 11.8 Å². The Hall–Kier alpha value is -1.82. The number of nitrogens with one attached hydrogen (secondary N) is 1. The lowest BCUT2D eigenvalue weighted by atomic mass is 9.78. The standard InChI is InChI=1S/C20H27N3O2S/c1-12-7-5-9-16(11-12)19-22-23-20(25-19)26-15(4)18(24)21-17-10-6-8-13(2)14(17)3/h5,7,9,11,13-15,17H,6,8,10H2,1-4H3,(H,21,24)/t13-,14-,15-,17+/m0/s1. The van der Waals surface area contributed by atoms with Crippen LogP contribution in [0.4, 0.5) is 0 Å². The van der Waals surface area contributed by atoms with E-state index in [0.29, 0.717) is 22.9 Å². The number of hydrogen-bond acceptors (Lipinski definition) is 5. The number of aromatic nitrogens is 2. The van der Waals surface area contributed by atoms with Gasteiger partial charge in [-0.2, -0.15) is 0 Å². The summed E-state index contributed by atoms with van der Waals surface area (Å²) in [4.78, 5) is 12.6. The van der Waals surface area contributed by atoms with E-state index < -0.39 is 0 Å². The maximum absolute atomic E-state index is 12.6. The molecule has 1 aromatic carbocycles. The molecule has 1 heterocycles. The first-order chi connectivity index (χ1) is 12.4. The minimum Gasteiger partial charge on any atom is -0.411 e. The molecule has 0 bridgehead atoms. The lowest BCUT2D eigenvalue weighted by Crippen LogP contribution is -2.46. The summed E-state index contributed by atoms with van der Waals surface area (Å²) < 4.78 is 5.73. The third kappa shape index (κ3) is 4.47. The molecule has 1 aliphatic carbocycles. The second-order valence-electron chi connectivity index (χ2n) is 7.39. The number of carbonyl (C=O) groups is 1. The fraction of sp³-hybridized carbons (Fsp3) is 0.550. The molecule has 6 heteroatoms. The molecular weight excluding hydrogens is 346 g/mol. The Balaban J connectivity index is 1.59. The predicted octanol–water partition coefficient (Wildman–Crippen LogP) is 4.47. The molecule has 0 aliphatic heterocycles. The highest BCUT2D eigenvalue weighted by Crippen LogP contribution is 2.31. The second kappa shape index (κ2) is 8.25. The van der Waals surface area contributed by atoms with Crippen molar-refractivity contribution in [1.82, 2.24) is 15.5 Å². The predicted molar refractivity (Wildman–Crippen MR) is 104 cm³/mol. The molecule has 0 unspecified atom stereocenters. The highest BCUT2D eigenvalue weighted by Gasteiger charge is 2.29. The van der Waals surface area contributed by atoms with Crippen LogP contribution in [-0.2, 0) is 4.79 Å². The van der Waals surface area contributed by atoms with Crippen molar-refractivity contribution < 1.29 is 9.21 Å². The van der Waals surface area contributed by atoms with E-state index in [1.807, 2.05) is 38.1 Å². The lowest BCUT2D eigenvalue weighted by Gasteiger charge is -2.35. The number of amides is 1. The molecular formula is C20H27N3O2S. The van der Waals surface area contributed by atoms with Crippen molar-refractivity contribution in [2.75, 3.05) is 0 Å². The fourth-order valence-corrected chi connectivity index (χ4v) is 4.14. The van der Waals surface area contributed by atoms with Gasteiger partial charge in [0.1, 0.15) is 0 Å². The number of thioether (sulfide) groups is 1. The van der Waals surface area contributed by atoms with E-state index in [9.17, 15) is 4.79 Å². The van der Waals surface area contributed by atoms with Gasteiger partial charge in [-0.05, 0) is 44.2 Å². The Morgan fingerprint density at radius 2 is 2.12 bits per heavy atom. The minimum atomic E-state index is -0.273. The van der Waals surface area contributed by atoms with Gasteiger partial charge in [0.15, 0.2) is 0 Å². The molecule has 5 nitrogen and oxygen atoms in total. The van der Waals surface area contributed by atoms with Crippen LogP contribution < -0.4 is 5.32 Å². The van der Waals surface area contributed by atoms with Crippen LogP contribution in [0.15, 0.2) is 33.9 Å². The first-order valence-electron chi connectivity index (χ1n) is 9.31. The number of aryl methyl sites for hydroxylation is 1. The number of nitrogens with zero attached hydrogens (tertiary/aromatic N) is 2. The van der Waals surface area contributed by atoms with Crippen LogP contribution in [-0.4, -0.2) is 27.4 Å². The first kappa shape index (κ1) is 19.0. The molecule has 1 fully saturated rings. The molecule has 4 atom stereocenters. The van der Waals surface area contributed by atoms with Gasteiger partial charge in [-0.25, -0.2) is 0 Å². The summed E-state index contributed by atoms with van der Waals surface area (Å²) in [6.07, 6.45) is 3.50. The van der Waals surface area contributed by atoms with E-state index in [4.69, 9.17) is 4.42 Å². The molecule has 1 amide bonds. The van der Waals surface area contributed by atoms with Crippen molar-refractivity contribution in [1.29, 1.82) is 0 Å². The molecule has 0 spiro atoms. The van der Waals surface area contributed by atoms with Gasteiger partial charge >= 0.3 is 0 Å². The van der Waals surface area contributed by atoms with Crippen LogP contribution in [0.1, 0.15) is 45.6 Å². The molecule has 0 radical (unpaired) electrons. The third-order valence-electron chi connectivity index (χ3n) is 5.35. The second-order valence-corrected chi connectivity index (χ2v) is 8.68. The van der Waals surface area contributed by atoms with E-state index >= 15 is 0 Å². The Morgan fingerprint density at radius 1 is 1.31 bits per heavy atom. The van der Waals surface area contributed by atoms with Crippen LogP contribution in [0.2, 0.25) is 0 Å². The average molecular weight is 374 g/mol. The smallest absolute Gasteiger partial charge is 0.277 e. The quantitative estimate of drug-likeness (QED) is 0.783. The van der Waals surface area contributed by atoms with Crippen LogP contribution in [0.5, 0.6) is 0 Å². The largest absolute Gasteiger partial charge is 0.411 e. The number of rotatable bonds is 5. The Morgan fingerprint density at radius 3 is 2.88 bits per heavy atom. The Labute approximate surface area is 159 Å². The van der Waals surface area contributed by atoms with Crippen LogP contribution in [0, 0.1) is 18.8 Å². The average Bonchev–Trinajstić information content (AvgIpc) is 3.07. The van der Waals surface area contributed by atoms with Gasteiger partial charge in [0, 0.05) is 11.6 Å². The molecule has 1 aromatic heterocycles. The third-order valence-corrected chi connectivity index (χ3v) is 6.29. The maximum Gasteiger partial charge on any atom is 0.277 e. The van der Waals surface area contributed by atoms with Crippen molar-refractivity contribution in [3.8, 4) is 11.5 Å². The van der Waals surface area contributed by atoms with Crippen molar-refractivity contribution in [2.45, 2.75) is 63.5 Å². The topological polar surface area (TPSA) is 68.0 Å². The molecule has 1 N–H and O–H groups in total. The summed E-state index contributed by atoms with van der Waals surface area (Å²) in [7, 11) is 0. The summed E-state index contributed by atoms with van der Waals surface area (Å²) in [5.74, 6) is 1.70. The van der Waals surface area contributed by atoms with Gasteiger partial charge in [0.2, 0.25) is 11.8 Å². The number of benzene rings is 1. The lowest BCUT2D eigenvalue weighted by molar-refractivity contribution is -0.121. The maximum atomic E-state index is 12.6. The van der Waals surface area contributed by atoms with Crippen LogP contribution in [0.25, 0.3) is 11.5 Å². The molecule has 26 heavy (non-hydrogen) atoms. The van der Waals surface area contributed by atoms with E-state index in [0.717, 1.165) is 17.5 Å². The molecule has 140 valence electrons. The summed E-state index contributed by atoms with van der Waals surface area (Å²) in [6, 6.07) is 8.19. The minimum absolute atomic E-state index is 0.0382. The van der Waals surface area contributed by atoms with E-state index in [1.54, 1.807) is 0 Å². The summed E-state index contributed by atoms with van der Waals surface area (Å²) >= 11 is 1.31. The van der Waals surface area contributed by atoms with Gasteiger partial charge in [-0.15, -0.1) is 10.2 Å². The zero-order chi connectivity index (χ0) is 18.7. The van der Waals surface area contributed by atoms with Crippen molar-refractivity contribution in [2.24, 2.45) is 11.8 Å². The van der Waals surface area contributed by atoms with Gasteiger partial charge in [0.25, 0.3) is 5.22 Å². The SMILES string of the molecule is Cc1cccc(-c2nnc(S[C@@H](C)C(=O)N[C@@H]3CCC[C@H](C)[C@@H]3C)o2)c1. The zero-order valence-electron chi connectivity index (χ0n) is 15.9. The monoisotopic (exact) mass is 373 g/mol. The zero-order valence-corrected chi connectivity index (χ0v) is 16.7. The van der Waals surface area contributed by atoms with Crippen molar-refractivity contribution in [3.05, 3.63) is 29.8 Å². The molecule has 1 saturated carbocycles. The normalized spacial score (nSPS) is 24.2. The summed E-state index contributed by atoms with van der Waals surface area (Å²) in [6.45, 7) is 8.41. The van der Waals surface area contributed by atoms with Gasteiger partial charge < -0.3 is 9.73 Å². The number of hydrogen-bond donors (Lipinski definition) is 1. The first-order valence-corrected chi connectivity index (χ1v) is 10.2. The van der Waals surface area contributed by atoms with E-state index in [-0.39, 0.29) is 17.2 Å². The van der Waals surface area contributed by atoms with Crippen molar-refractivity contribution in [3.63, 3.8) is 0 Å². The molecule has 3 rings (SSSR count). The van der Waals surface area contributed by atoms with Gasteiger partial charge in [-0.3, -0.25) is 4.79 Å². The molecule has 1 aliphatic rings.